The molecule has 2 aliphatic heterocycles. The number of hydrogen-bond donors (Lipinski definition) is 1. The molecule has 1 fully saturated rings. The van der Waals surface area contributed by atoms with Gasteiger partial charge in [-0.15, -0.1) is 0 Å². The molecule has 2 aliphatic rings. The zero-order chi connectivity index (χ0) is 19.3. The average Bonchev–Trinajstić information content (AvgIpc) is 3.52. The zero-order valence-corrected chi connectivity index (χ0v) is 16.5. The van der Waals surface area contributed by atoms with E-state index in [1.54, 1.807) is 73.0 Å². The number of sulfonamides is 1. The lowest BCUT2D eigenvalue weighted by Gasteiger charge is -2.23. The van der Waals surface area contributed by atoms with Gasteiger partial charge in [0, 0.05) is 24.3 Å². The van der Waals surface area contributed by atoms with E-state index in [-0.39, 0.29) is 4.90 Å². The second-order valence-electron chi connectivity index (χ2n) is 6.15. The quantitative estimate of drug-likeness (QED) is 0.779. The third-order valence-corrected chi connectivity index (χ3v) is 5.86. The average molecular weight is 401 g/mol. The Morgan fingerprint density at radius 1 is 0.926 bits per heavy atom. The van der Waals surface area contributed by atoms with Crippen molar-refractivity contribution >= 4 is 27.3 Å². The summed E-state index contributed by atoms with van der Waals surface area (Å²) >= 11 is 5.94. The summed E-state index contributed by atoms with van der Waals surface area (Å²) in [6, 6.07) is 13.9. The first-order valence-electron chi connectivity index (χ1n) is 8.61. The minimum absolute atomic E-state index is 0.250. The summed E-state index contributed by atoms with van der Waals surface area (Å²) in [7, 11) is -3.70. The Balaban J connectivity index is 0.000000637. The lowest BCUT2D eigenvalue weighted by Crippen LogP contribution is -2.24. The Labute approximate surface area is 165 Å². The molecule has 0 radical (unpaired) electrons. The number of rotatable bonds is 3. The predicted molar refractivity (Wildman–Crippen MR) is 111 cm³/mol. The molecule has 0 saturated carbocycles. The van der Waals surface area contributed by atoms with Crippen LogP contribution in [0, 0.1) is 6.92 Å². The van der Waals surface area contributed by atoms with Crippen molar-refractivity contribution in [1.82, 2.24) is 9.62 Å². The van der Waals surface area contributed by atoms with E-state index < -0.39 is 10.0 Å². The number of allylic oxidation sites excluding steroid dienone is 4. The lowest BCUT2D eigenvalue weighted by atomic mass is 10.1. The highest BCUT2D eigenvalue weighted by Crippen LogP contribution is 2.29. The number of hydrogen-bond acceptors (Lipinski definition) is 3. The standard InChI is InChI=1S/C19H16ClNO2S.C2H5N/c1-15-6-12-18(13-7-15)24(22,23)21-14-4-2-3-5-19(21)16-8-10-17(20)11-9-16;1-2-3-1/h2-14H,1H3;3H,1-2H2. The molecule has 1 saturated heterocycles. The van der Waals surface area contributed by atoms with Crippen molar-refractivity contribution in [2.24, 2.45) is 0 Å². The largest absolute Gasteiger partial charge is 0.314 e. The molecule has 0 spiro atoms. The molecule has 4 nitrogen and oxygen atoms in total. The molecule has 6 heteroatoms. The molecular weight excluding hydrogens is 380 g/mol. The lowest BCUT2D eigenvalue weighted by molar-refractivity contribution is 0.558. The summed E-state index contributed by atoms with van der Waals surface area (Å²) in [5.41, 5.74) is 2.35. The topological polar surface area (TPSA) is 59.3 Å². The van der Waals surface area contributed by atoms with Crippen molar-refractivity contribution in [3.63, 3.8) is 0 Å². The van der Waals surface area contributed by atoms with E-state index >= 15 is 0 Å². The summed E-state index contributed by atoms with van der Waals surface area (Å²) in [5.74, 6) is 0. The minimum Gasteiger partial charge on any atom is -0.314 e. The monoisotopic (exact) mass is 400 g/mol. The molecule has 0 bridgehead atoms. The Morgan fingerprint density at radius 2 is 1.56 bits per heavy atom. The van der Waals surface area contributed by atoms with Gasteiger partial charge in [-0.2, -0.15) is 0 Å². The van der Waals surface area contributed by atoms with E-state index in [0.29, 0.717) is 10.7 Å². The third-order valence-electron chi connectivity index (χ3n) is 3.90. The number of aryl methyl sites for hydroxylation is 1. The van der Waals surface area contributed by atoms with Crippen LogP contribution in [0.1, 0.15) is 11.1 Å². The van der Waals surface area contributed by atoms with Gasteiger partial charge in [0.15, 0.2) is 0 Å². The zero-order valence-electron chi connectivity index (χ0n) is 15.0. The molecule has 0 amide bonds. The van der Waals surface area contributed by atoms with Gasteiger partial charge in [0.1, 0.15) is 0 Å². The Morgan fingerprint density at radius 3 is 2.15 bits per heavy atom. The number of nitrogens with zero attached hydrogens (tertiary/aromatic N) is 1. The molecule has 0 atom stereocenters. The van der Waals surface area contributed by atoms with Crippen molar-refractivity contribution in [3.8, 4) is 0 Å². The van der Waals surface area contributed by atoms with Gasteiger partial charge in [-0.05, 0) is 48.9 Å². The molecule has 27 heavy (non-hydrogen) atoms. The molecule has 2 aromatic rings. The van der Waals surface area contributed by atoms with Crippen molar-refractivity contribution in [3.05, 3.63) is 95.2 Å². The predicted octanol–water partition coefficient (Wildman–Crippen LogP) is 4.35. The van der Waals surface area contributed by atoms with Crippen molar-refractivity contribution in [2.45, 2.75) is 11.8 Å². The number of nitrogens with one attached hydrogen (secondary N) is 1. The van der Waals surface area contributed by atoms with E-state index in [9.17, 15) is 8.42 Å². The van der Waals surface area contributed by atoms with Gasteiger partial charge in [-0.1, -0.05) is 53.6 Å². The van der Waals surface area contributed by atoms with Crippen LogP contribution in [0.25, 0.3) is 5.70 Å². The summed E-state index contributed by atoms with van der Waals surface area (Å²) in [6.07, 6.45) is 8.63. The normalized spacial score (nSPS) is 15.5. The highest BCUT2D eigenvalue weighted by Gasteiger charge is 2.25. The summed E-state index contributed by atoms with van der Waals surface area (Å²) in [5, 5.41) is 3.60. The summed E-state index contributed by atoms with van der Waals surface area (Å²) in [4.78, 5) is 0.250. The van der Waals surface area contributed by atoms with Gasteiger partial charge in [-0.3, -0.25) is 0 Å². The fourth-order valence-electron chi connectivity index (χ4n) is 2.37. The second-order valence-corrected chi connectivity index (χ2v) is 8.40. The molecule has 0 aromatic heterocycles. The first-order valence-corrected chi connectivity index (χ1v) is 10.4. The third kappa shape index (κ3) is 5.10. The smallest absolute Gasteiger partial charge is 0.268 e. The van der Waals surface area contributed by atoms with E-state index in [4.69, 9.17) is 11.6 Å². The number of benzene rings is 2. The van der Waals surface area contributed by atoms with Crippen LogP contribution in [0.5, 0.6) is 0 Å². The van der Waals surface area contributed by atoms with Crippen molar-refractivity contribution in [2.75, 3.05) is 13.1 Å². The maximum Gasteiger partial charge on any atom is 0.268 e. The van der Waals surface area contributed by atoms with Crippen LogP contribution in [-0.2, 0) is 10.0 Å². The Hall–Kier alpha value is -2.34. The molecule has 4 rings (SSSR count). The van der Waals surface area contributed by atoms with Crippen LogP contribution in [-0.4, -0.2) is 25.8 Å². The van der Waals surface area contributed by atoms with Gasteiger partial charge in [0.05, 0.1) is 10.6 Å². The van der Waals surface area contributed by atoms with Crippen LogP contribution in [0.4, 0.5) is 0 Å². The van der Waals surface area contributed by atoms with Gasteiger partial charge < -0.3 is 5.32 Å². The fraction of sp³-hybridized carbons (Fsp3) is 0.143. The van der Waals surface area contributed by atoms with Crippen molar-refractivity contribution in [1.29, 1.82) is 0 Å². The molecular formula is C21H21ClN2O2S. The molecule has 0 unspecified atom stereocenters. The molecule has 2 heterocycles. The van der Waals surface area contributed by atoms with E-state index in [0.717, 1.165) is 11.1 Å². The Bertz CT molecular complexity index is 971. The van der Waals surface area contributed by atoms with Gasteiger partial charge in [-0.25, -0.2) is 12.7 Å². The van der Waals surface area contributed by atoms with Crippen molar-refractivity contribution < 1.29 is 8.42 Å². The maximum atomic E-state index is 13.1. The first-order chi connectivity index (χ1) is 13.0. The van der Waals surface area contributed by atoms with Gasteiger partial charge >= 0.3 is 0 Å². The second kappa shape index (κ2) is 8.57. The maximum absolute atomic E-state index is 13.1. The highest BCUT2D eigenvalue weighted by molar-refractivity contribution is 7.89. The summed E-state index contributed by atoms with van der Waals surface area (Å²) in [6.45, 7) is 4.42. The van der Waals surface area contributed by atoms with E-state index in [1.165, 1.54) is 17.4 Å². The molecule has 1 N–H and O–H groups in total. The molecule has 0 aliphatic carbocycles. The van der Waals surface area contributed by atoms with Crippen LogP contribution >= 0.6 is 11.6 Å². The minimum atomic E-state index is -3.70. The molecule has 140 valence electrons. The summed E-state index contributed by atoms with van der Waals surface area (Å²) < 4.78 is 27.5. The fourth-order valence-corrected chi connectivity index (χ4v) is 3.86. The Kier molecular flexibility index (Phi) is 6.16. The van der Waals surface area contributed by atoms with Crippen LogP contribution in [0.3, 0.4) is 0 Å². The van der Waals surface area contributed by atoms with Gasteiger partial charge in [0.25, 0.3) is 10.0 Å². The van der Waals surface area contributed by atoms with Crippen LogP contribution in [0.15, 0.2) is 83.9 Å². The highest BCUT2D eigenvalue weighted by atomic mass is 35.5. The van der Waals surface area contributed by atoms with Gasteiger partial charge in [0.2, 0.25) is 0 Å². The number of halogens is 1. The molecule has 2 aromatic carbocycles. The van der Waals surface area contributed by atoms with E-state index in [2.05, 4.69) is 5.32 Å². The first kappa shape index (κ1) is 19.4. The SMILES string of the molecule is C1CN1.Cc1ccc(S(=O)(=O)N2C=CC=CC=C2c2ccc(Cl)cc2)cc1. The van der Waals surface area contributed by atoms with Crippen LogP contribution in [0.2, 0.25) is 5.02 Å². The van der Waals surface area contributed by atoms with E-state index in [1.807, 2.05) is 13.0 Å². The van der Waals surface area contributed by atoms with Crippen LogP contribution < -0.4 is 5.32 Å².